The van der Waals surface area contributed by atoms with Gasteiger partial charge in [0.25, 0.3) is 0 Å². The highest BCUT2D eigenvalue weighted by atomic mass is 15.1. The summed E-state index contributed by atoms with van der Waals surface area (Å²) in [5.41, 5.74) is 25.7. The summed E-state index contributed by atoms with van der Waals surface area (Å²) in [5, 5.41) is 7.35. The summed E-state index contributed by atoms with van der Waals surface area (Å²) in [5.74, 6) is 0. The Bertz CT molecular complexity index is 1260. The minimum Gasteiger partial charge on any atom is -0.0893 e. The molecule has 0 heterocycles. The highest BCUT2D eigenvalue weighted by molar-refractivity contribution is 6.04. The van der Waals surface area contributed by atoms with E-state index < -0.39 is 0 Å². The molecule has 4 aromatic carbocycles. The van der Waals surface area contributed by atoms with Gasteiger partial charge in [-0.25, -0.2) is 0 Å². The third-order valence-corrected chi connectivity index (χ3v) is 5.49. The molecule has 0 radical (unpaired) electrons. The Labute approximate surface area is 198 Å². The zero-order chi connectivity index (χ0) is 23.6. The van der Waals surface area contributed by atoms with Gasteiger partial charge < -0.3 is 0 Å². The molecule has 34 heavy (non-hydrogen) atoms. The fraction of sp³-hybridized carbons (Fsp3) is 0.0714. The lowest BCUT2D eigenvalue weighted by molar-refractivity contribution is 1.05. The van der Waals surface area contributed by atoms with E-state index in [1.165, 1.54) is 0 Å². The van der Waals surface area contributed by atoms with Crippen LogP contribution in [-0.2, 0) is 13.1 Å². The van der Waals surface area contributed by atoms with Crippen LogP contribution in [0.5, 0.6) is 0 Å². The summed E-state index contributed by atoms with van der Waals surface area (Å²) in [6.45, 7) is 0.627. The van der Waals surface area contributed by atoms with Crippen LogP contribution < -0.4 is 0 Å². The van der Waals surface area contributed by atoms with Crippen molar-refractivity contribution >= 4 is 11.1 Å². The fourth-order valence-electron chi connectivity index (χ4n) is 3.90. The van der Waals surface area contributed by atoms with E-state index in [1.807, 2.05) is 60.7 Å². The van der Waals surface area contributed by atoms with E-state index >= 15 is 0 Å². The molecular formula is C28H22N6. The first-order valence-electron chi connectivity index (χ1n) is 10.9. The monoisotopic (exact) mass is 442 g/mol. The smallest absolute Gasteiger partial charge is 0.0510 e. The zero-order valence-electron chi connectivity index (χ0n) is 18.5. The maximum atomic E-state index is 8.64. The van der Waals surface area contributed by atoms with Gasteiger partial charge >= 0.3 is 0 Å². The fourth-order valence-corrected chi connectivity index (χ4v) is 3.90. The van der Waals surface area contributed by atoms with Gasteiger partial charge in [0.1, 0.15) is 0 Å². The molecule has 0 amide bonds. The summed E-state index contributed by atoms with van der Waals surface area (Å²) < 4.78 is 0. The number of hydrogen-bond acceptors (Lipinski definition) is 2. The highest BCUT2D eigenvalue weighted by Crippen LogP contribution is 2.37. The SMILES string of the molecule is [N-]=[N+]=NCc1ccc(C(=C(c2ccccc2)c2ccccc2)c2ccc(CN=[N+]=[N-])cc2)cc1. The average molecular weight is 443 g/mol. The Hall–Kier alpha value is -4.76. The van der Waals surface area contributed by atoms with Gasteiger partial charge in [-0.05, 0) is 55.6 Å². The van der Waals surface area contributed by atoms with Crippen LogP contribution in [0.25, 0.3) is 32.0 Å². The van der Waals surface area contributed by atoms with Crippen LogP contribution in [0, 0.1) is 0 Å². The summed E-state index contributed by atoms with van der Waals surface area (Å²) in [4.78, 5) is 5.72. The third-order valence-electron chi connectivity index (χ3n) is 5.49. The van der Waals surface area contributed by atoms with Crippen LogP contribution in [0.2, 0.25) is 0 Å². The van der Waals surface area contributed by atoms with Gasteiger partial charge in [-0.15, -0.1) is 0 Å². The predicted octanol–water partition coefficient (Wildman–Crippen LogP) is 8.31. The molecule has 0 spiro atoms. The zero-order valence-corrected chi connectivity index (χ0v) is 18.5. The minimum absolute atomic E-state index is 0.314. The molecule has 0 bridgehead atoms. The standard InChI is InChI=1S/C28H22N6/c29-33-31-19-21-11-15-25(16-12-21)28(26-17-13-22(14-18-26)20-32-34-30)27(23-7-3-1-4-8-23)24-9-5-2-6-10-24/h1-18H,19-20H2. The van der Waals surface area contributed by atoms with E-state index in [0.29, 0.717) is 13.1 Å². The Morgan fingerprint density at radius 1 is 0.471 bits per heavy atom. The van der Waals surface area contributed by atoms with Gasteiger partial charge in [0.05, 0.1) is 13.1 Å². The van der Waals surface area contributed by atoms with Gasteiger partial charge in [-0.2, -0.15) is 0 Å². The lowest BCUT2D eigenvalue weighted by Crippen LogP contribution is -1.98. The van der Waals surface area contributed by atoms with Crippen molar-refractivity contribution in [3.63, 3.8) is 0 Å². The summed E-state index contributed by atoms with van der Waals surface area (Å²) in [6, 6.07) is 36.9. The van der Waals surface area contributed by atoms with Crippen molar-refractivity contribution in [2.45, 2.75) is 13.1 Å². The molecule has 4 aromatic rings. The first-order valence-corrected chi connectivity index (χ1v) is 10.9. The lowest BCUT2D eigenvalue weighted by atomic mass is 9.85. The Morgan fingerprint density at radius 2 is 0.794 bits per heavy atom. The second-order valence-electron chi connectivity index (χ2n) is 7.65. The van der Waals surface area contributed by atoms with Crippen molar-refractivity contribution in [1.29, 1.82) is 0 Å². The van der Waals surface area contributed by atoms with Crippen molar-refractivity contribution < 1.29 is 0 Å². The molecule has 6 heteroatoms. The van der Waals surface area contributed by atoms with Crippen LogP contribution in [0.4, 0.5) is 0 Å². The number of rotatable bonds is 8. The molecule has 0 saturated carbocycles. The van der Waals surface area contributed by atoms with E-state index in [1.54, 1.807) is 0 Å². The number of nitrogens with zero attached hydrogens (tertiary/aromatic N) is 6. The van der Waals surface area contributed by atoms with E-state index in [9.17, 15) is 0 Å². The first kappa shape index (κ1) is 22.4. The molecule has 0 saturated heterocycles. The topological polar surface area (TPSA) is 97.5 Å². The van der Waals surface area contributed by atoms with Crippen LogP contribution in [0.3, 0.4) is 0 Å². The molecule has 0 N–H and O–H groups in total. The van der Waals surface area contributed by atoms with Crippen molar-refractivity contribution in [3.8, 4) is 0 Å². The van der Waals surface area contributed by atoms with E-state index in [2.05, 4.69) is 68.6 Å². The second kappa shape index (κ2) is 11.2. The molecule has 0 aromatic heterocycles. The van der Waals surface area contributed by atoms with Crippen LogP contribution in [0.15, 0.2) is 119 Å². The van der Waals surface area contributed by atoms with Gasteiger partial charge in [0.15, 0.2) is 0 Å². The van der Waals surface area contributed by atoms with Crippen LogP contribution >= 0.6 is 0 Å². The van der Waals surface area contributed by atoms with Crippen molar-refractivity contribution in [2.75, 3.05) is 0 Å². The number of azide groups is 2. The van der Waals surface area contributed by atoms with Crippen LogP contribution in [-0.4, -0.2) is 0 Å². The Kier molecular flexibility index (Phi) is 7.40. The molecule has 0 aliphatic heterocycles. The first-order chi connectivity index (χ1) is 16.8. The molecular weight excluding hydrogens is 420 g/mol. The lowest BCUT2D eigenvalue weighted by Gasteiger charge is -2.18. The van der Waals surface area contributed by atoms with Gasteiger partial charge in [0.2, 0.25) is 0 Å². The van der Waals surface area contributed by atoms with Crippen molar-refractivity contribution in [1.82, 2.24) is 0 Å². The average Bonchev–Trinajstić information content (AvgIpc) is 2.91. The van der Waals surface area contributed by atoms with Crippen molar-refractivity contribution in [3.05, 3.63) is 163 Å². The van der Waals surface area contributed by atoms with Gasteiger partial charge in [-0.1, -0.05) is 119 Å². The van der Waals surface area contributed by atoms with Gasteiger partial charge in [-0.3, -0.25) is 0 Å². The van der Waals surface area contributed by atoms with E-state index in [-0.39, 0.29) is 0 Å². The Morgan fingerprint density at radius 3 is 1.12 bits per heavy atom. The molecule has 0 aliphatic carbocycles. The van der Waals surface area contributed by atoms with E-state index in [4.69, 9.17) is 11.1 Å². The molecule has 0 atom stereocenters. The molecule has 0 unspecified atom stereocenters. The Balaban J connectivity index is 1.95. The second-order valence-corrected chi connectivity index (χ2v) is 7.65. The van der Waals surface area contributed by atoms with E-state index in [0.717, 1.165) is 44.5 Å². The quantitative estimate of drug-likeness (QED) is 0.113. The van der Waals surface area contributed by atoms with Crippen molar-refractivity contribution in [2.24, 2.45) is 10.2 Å². The highest BCUT2D eigenvalue weighted by Gasteiger charge is 2.16. The number of benzene rings is 4. The maximum Gasteiger partial charge on any atom is 0.0510 e. The van der Waals surface area contributed by atoms with Gasteiger partial charge in [0, 0.05) is 9.82 Å². The molecule has 6 nitrogen and oxygen atoms in total. The molecule has 164 valence electrons. The number of hydrogen-bond donors (Lipinski definition) is 0. The summed E-state index contributed by atoms with van der Waals surface area (Å²) in [6.07, 6.45) is 0. The molecule has 0 aliphatic rings. The van der Waals surface area contributed by atoms with Crippen LogP contribution in [0.1, 0.15) is 33.4 Å². The maximum absolute atomic E-state index is 8.64. The normalized spacial score (nSPS) is 10.0. The summed E-state index contributed by atoms with van der Waals surface area (Å²) >= 11 is 0. The minimum atomic E-state index is 0.314. The predicted molar refractivity (Wildman–Crippen MR) is 136 cm³/mol. The molecule has 4 rings (SSSR count). The largest absolute Gasteiger partial charge is 0.0893 e. The summed E-state index contributed by atoms with van der Waals surface area (Å²) in [7, 11) is 0. The third kappa shape index (κ3) is 5.34. The molecule has 0 fully saturated rings.